The molecule has 0 radical (unpaired) electrons. The van der Waals surface area contributed by atoms with Gasteiger partial charge in [-0.3, -0.25) is 4.98 Å². The summed E-state index contributed by atoms with van der Waals surface area (Å²) in [5, 5.41) is 3.33. The van der Waals surface area contributed by atoms with Crippen molar-refractivity contribution < 1.29 is 0 Å². The Hall–Kier alpha value is -0.870. The van der Waals surface area contributed by atoms with Crippen LogP contribution in [-0.2, 0) is 0 Å². The Kier molecular flexibility index (Phi) is 4.78. The Morgan fingerprint density at radius 2 is 2.07 bits per heavy atom. The molecule has 1 fully saturated rings. The minimum absolute atomic E-state index is 0. The summed E-state index contributed by atoms with van der Waals surface area (Å²) in [6.45, 7) is 0. The molecule has 1 saturated carbocycles. The van der Waals surface area contributed by atoms with Gasteiger partial charge in [-0.1, -0.05) is 12.8 Å². The van der Waals surface area contributed by atoms with Gasteiger partial charge in [0.05, 0.1) is 6.20 Å². The van der Waals surface area contributed by atoms with E-state index in [-0.39, 0.29) is 18.4 Å². The summed E-state index contributed by atoms with van der Waals surface area (Å²) in [6, 6.07) is 0.617. The number of nitrogens with two attached hydrogens (primary N) is 1. The molecule has 4 nitrogen and oxygen atoms in total. The van der Waals surface area contributed by atoms with Crippen LogP contribution in [0.2, 0.25) is 0 Å². The van der Waals surface area contributed by atoms with Crippen molar-refractivity contribution in [1.82, 2.24) is 9.97 Å². The summed E-state index contributed by atoms with van der Waals surface area (Å²) in [6.07, 6.45) is 9.85. The van der Waals surface area contributed by atoms with Crippen LogP contribution in [0.5, 0.6) is 0 Å². The predicted molar refractivity (Wildman–Crippen MR) is 63.1 cm³/mol. The van der Waals surface area contributed by atoms with Gasteiger partial charge in [0.2, 0.25) is 0 Å². The van der Waals surface area contributed by atoms with Crippen molar-refractivity contribution in [3.8, 4) is 0 Å². The molecule has 1 aromatic heterocycles. The van der Waals surface area contributed by atoms with Crippen molar-refractivity contribution in [3.05, 3.63) is 18.6 Å². The molecular formula is C10H17ClN4. The van der Waals surface area contributed by atoms with Gasteiger partial charge in [0.1, 0.15) is 5.82 Å². The summed E-state index contributed by atoms with van der Waals surface area (Å²) in [4.78, 5) is 8.19. The molecule has 0 aliphatic heterocycles. The molecule has 1 aromatic rings. The highest BCUT2D eigenvalue weighted by Crippen LogP contribution is 2.19. The topological polar surface area (TPSA) is 63.8 Å². The fourth-order valence-electron chi connectivity index (χ4n) is 1.90. The molecule has 0 aromatic carbocycles. The largest absolute Gasteiger partial charge is 0.365 e. The Morgan fingerprint density at radius 3 is 2.73 bits per heavy atom. The minimum atomic E-state index is 0. The van der Waals surface area contributed by atoms with E-state index in [4.69, 9.17) is 5.73 Å². The van der Waals surface area contributed by atoms with Crippen LogP contribution in [0.25, 0.3) is 0 Å². The molecule has 1 heterocycles. The number of aromatic nitrogens is 2. The average molecular weight is 229 g/mol. The van der Waals surface area contributed by atoms with E-state index in [1.54, 1.807) is 18.6 Å². The lowest BCUT2D eigenvalue weighted by atomic mass is 9.91. The molecular weight excluding hydrogens is 212 g/mol. The van der Waals surface area contributed by atoms with Crippen molar-refractivity contribution in [2.45, 2.75) is 37.8 Å². The molecule has 1 aliphatic carbocycles. The molecule has 2 atom stereocenters. The van der Waals surface area contributed by atoms with E-state index < -0.39 is 0 Å². The van der Waals surface area contributed by atoms with E-state index in [9.17, 15) is 0 Å². The highest BCUT2D eigenvalue weighted by molar-refractivity contribution is 5.85. The summed E-state index contributed by atoms with van der Waals surface area (Å²) < 4.78 is 0. The molecule has 84 valence electrons. The second-order valence-corrected chi connectivity index (χ2v) is 3.79. The molecule has 2 rings (SSSR count). The predicted octanol–water partition coefficient (Wildman–Crippen LogP) is 1.58. The Labute approximate surface area is 96.1 Å². The van der Waals surface area contributed by atoms with E-state index in [1.165, 1.54) is 12.8 Å². The molecule has 2 unspecified atom stereocenters. The van der Waals surface area contributed by atoms with Crippen LogP contribution in [0.4, 0.5) is 5.82 Å². The van der Waals surface area contributed by atoms with Gasteiger partial charge >= 0.3 is 0 Å². The van der Waals surface area contributed by atoms with Gasteiger partial charge in [0, 0.05) is 24.5 Å². The van der Waals surface area contributed by atoms with E-state index >= 15 is 0 Å². The molecule has 0 bridgehead atoms. The highest BCUT2D eigenvalue weighted by atomic mass is 35.5. The zero-order valence-electron chi connectivity index (χ0n) is 8.60. The van der Waals surface area contributed by atoms with Crippen LogP contribution in [0, 0.1) is 0 Å². The van der Waals surface area contributed by atoms with Gasteiger partial charge in [-0.2, -0.15) is 0 Å². The van der Waals surface area contributed by atoms with E-state index in [0.717, 1.165) is 18.7 Å². The Balaban J connectivity index is 0.00000112. The molecule has 0 saturated heterocycles. The Bertz CT molecular complexity index is 280. The van der Waals surface area contributed by atoms with Crippen LogP contribution in [0.1, 0.15) is 25.7 Å². The van der Waals surface area contributed by atoms with Crippen molar-refractivity contribution >= 4 is 18.2 Å². The van der Waals surface area contributed by atoms with Crippen LogP contribution >= 0.6 is 12.4 Å². The van der Waals surface area contributed by atoms with Gasteiger partial charge in [0.15, 0.2) is 0 Å². The van der Waals surface area contributed by atoms with Crippen LogP contribution in [0.3, 0.4) is 0 Å². The molecule has 3 N–H and O–H groups in total. The third kappa shape index (κ3) is 3.32. The third-order valence-electron chi connectivity index (χ3n) is 2.72. The summed E-state index contributed by atoms with van der Waals surface area (Å²) >= 11 is 0. The van der Waals surface area contributed by atoms with E-state index in [2.05, 4.69) is 15.3 Å². The minimum Gasteiger partial charge on any atom is -0.365 e. The standard InChI is InChI=1S/C10H16N4.ClH/c11-8-3-1-2-4-9(8)14-10-7-12-5-6-13-10;/h5-9H,1-4,11H2,(H,13,14);1H. The first kappa shape index (κ1) is 12.2. The molecule has 0 amide bonds. The van der Waals surface area contributed by atoms with Crippen molar-refractivity contribution in [2.24, 2.45) is 5.73 Å². The zero-order valence-corrected chi connectivity index (χ0v) is 9.41. The number of nitrogens with zero attached hydrogens (tertiary/aromatic N) is 2. The second-order valence-electron chi connectivity index (χ2n) is 3.79. The number of rotatable bonds is 2. The maximum Gasteiger partial charge on any atom is 0.144 e. The highest BCUT2D eigenvalue weighted by Gasteiger charge is 2.21. The van der Waals surface area contributed by atoms with E-state index in [1.807, 2.05) is 0 Å². The number of hydrogen-bond acceptors (Lipinski definition) is 4. The number of hydrogen-bond donors (Lipinski definition) is 2. The van der Waals surface area contributed by atoms with Crippen LogP contribution < -0.4 is 11.1 Å². The lowest BCUT2D eigenvalue weighted by Crippen LogP contribution is -2.42. The summed E-state index contributed by atoms with van der Waals surface area (Å²) in [5.74, 6) is 0.829. The molecule has 0 spiro atoms. The molecule has 1 aliphatic rings. The van der Waals surface area contributed by atoms with E-state index in [0.29, 0.717) is 6.04 Å². The van der Waals surface area contributed by atoms with Gasteiger partial charge in [-0.05, 0) is 12.8 Å². The fourth-order valence-corrected chi connectivity index (χ4v) is 1.90. The van der Waals surface area contributed by atoms with Gasteiger partial charge < -0.3 is 11.1 Å². The maximum absolute atomic E-state index is 6.02. The van der Waals surface area contributed by atoms with Crippen LogP contribution in [0.15, 0.2) is 18.6 Å². The first-order valence-corrected chi connectivity index (χ1v) is 5.14. The maximum atomic E-state index is 6.02. The lowest BCUT2D eigenvalue weighted by Gasteiger charge is -2.29. The normalized spacial score (nSPS) is 25.4. The number of halogens is 1. The first-order valence-electron chi connectivity index (χ1n) is 5.14. The average Bonchev–Trinajstić information content (AvgIpc) is 2.23. The molecule has 5 heteroatoms. The number of nitrogens with one attached hydrogen (secondary N) is 1. The monoisotopic (exact) mass is 228 g/mol. The van der Waals surface area contributed by atoms with Crippen molar-refractivity contribution in [3.63, 3.8) is 0 Å². The lowest BCUT2D eigenvalue weighted by molar-refractivity contribution is 0.403. The van der Waals surface area contributed by atoms with Gasteiger partial charge in [-0.15, -0.1) is 12.4 Å². The Morgan fingerprint density at radius 1 is 1.27 bits per heavy atom. The first-order chi connectivity index (χ1) is 6.86. The number of anilines is 1. The van der Waals surface area contributed by atoms with Crippen LogP contribution in [-0.4, -0.2) is 22.1 Å². The zero-order chi connectivity index (χ0) is 9.80. The van der Waals surface area contributed by atoms with Crippen molar-refractivity contribution in [1.29, 1.82) is 0 Å². The fraction of sp³-hybridized carbons (Fsp3) is 0.600. The smallest absolute Gasteiger partial charge is 0.144 e. The van der Waals surface area contributed by atoms with Gasteiger partial charge in [-0.25, -0.2) is 4.98 Å². The van der Waals surface area contributed by atoms with Crippen molar-refractivity contribution in [2.75, 3.05) is 5.32 Å². The van der Waals surface area contributed by atoms with Gasteiger partial charge in [0.25, 0.3) is 0 Å². The molecule has 15 heavy (non-hydrogen) atoms. The summed E-state index contributed by atoms with van der Waals surface area (Å²) in [7, 11) is 0. The SMILES string of the molecule is Cl.NC1CCCCC1Nc1cnccn1. The summed E-state index contributed by atoms with van der Waals surface area (Å²) in [5.41, 5.74) is 6.02. The second kappa shape index (κ2) is 5.88. The third-order valence-corrected chi connectivity index (χ3v) is 2.72. The quantitative estimate of drug-likeness (QED) is 0.807.